The SMILES string of the molecule is CCN1CCC(CN=C(N)Nc2cccc(C)c2)C1. The van der Waals surface area contributed by atoms with Crippen LogP contribution < -0.4 is 11.1 Å². The molecule has 2 rings (SSSR count). The summed E-state index contributed by atoms with van der Waals surface area (Å²) in [5, 5.41) is 3.15. The summed E-state index contributed by atoms with van der Waals surface area (Å²) in [5.74, 6) is 1.17. The third kappa shape index (κ3) is 4.24. The van der Waals surface area contributed by atoms with Crippen LogP contribution in [0.5, 0.6) is 0 Å². The monoisotopic (exact) mass is 260 g/mol. The number of hydrogen-bond acceptors (Lipinski definition) is 2. The molecule has 4 heteroatoms. The van der Waals surface area contributed by atoms with Crippen molar-refractivity contribution in [3.63, 3.8) is 0 Å². The summed E-state index contributed by atoms with van der Waals surface area (Å²) >= 11 is 0. The summed E-state index contributed by atoms with van der Waals surface area (Å²) in [7, 11) is 0. The van der Waals surface area contributed by atoms with Crippen LogP contribution in [0.15, 0.2) is 29.3 Å². The van der Waals surface area contributed by atoms with Crippen molar-refractivity contribution in [2.45, 2.75) is 20.3 Å². The fraction of sp³-hybridized carbons (Fsp3) is 0.533. The molecule has 1 aliphatic heterocycles. The highest BCUT2D eigenvalue weighted by Gasteiger charge is 2.20. The Hall–Kier alpha value is -1.55. The van der Waals surface area contributed by atoms with E-state index in [1.54, 1.807) is 0 Å². The average molecular weight is 260 g/mol. The van der Waals surface area contributed by atoms with E-state index in [-0.39, 0.29) is 0 Å². The molecular weight excluding hydrogens is 236 g/mol. The zero-order valence-electron chi connectivity index (χ0n) is 11.9. The van der Waals surface area contributed by atoms with Crippen molar-refractivity contribution in [1.82, 2.24) is 4.90 Å². The van der Waals surface area contributed by atoms with Crippen LogP contribution >= 0.6 is 0 Å². The molecule has 1 aromatic rings. The number of benzene rings is 1. The van der Waals surface area contributed by atoms with Crippen LogP contribution in [0.25, 0.3) is 0 Å². The molecule has 0 amide bonds. The quantitative estimate of drug-likeness (QED) is 0.643. The molecule has 0 saturated carbocycles. The zero-order valence-corrected chi connectivity index (χ0v) is 11.9. The molecule has 1 saturated heterocycles. The topological polar surface area (TPSA) is 53.6 Å². The lowest BCUT2D eigenvalue weighted by molar-refractivity contribution is 0.344. The van der Waals surface area contributed by atoms with Gasteiger partial charge in [0.1, 0.15) is 0 Å². The van der Waals surface area contributed by atoms with E-state index in [0.717, 1.165) is 25.3 Å². The number of guanidine groups is 1. The highest BCUT2D eigenvalue weighted by Crippen LogP contribution is 2.16. The second-order valence-corrected chi connectivity index (χ2v) is 5.27. The predicted molar refractivity (Wildman–Crippen MR) is 81.5 cm³/mol. The van der Waals surface area contributed by atoms with Gasteiger partial charge in [-0.15, -0.1) is 0 Å². The first kappa shape index (κ1) is 13.9. The van der Waals surface area contributed by atoms with E-state index < -0.39 is 0 Å². The van der Waals surface area contributed by atoms with Gasteiger partial charge in [0.05, 0.1) is 0 Å². The number of nitrogens with one attached hydrogen (secondary N) is 1. The molecule has 0 radical (unpaired) electrons. The minimum Gasteiger partial charge on any atom is -0.370 e. The van der Waals surface area contributed by atoms with E-state index in [4.69, 9.17) is 5.73 Å². The Kier molecular flexibility index (Phi) is 4.80. The average Bonchev–Trinajstić information content (AvgIpc) is 2.84. The van der Waals surface area contributed by atoms with E-state index in [1.165, 1.54) is 18.5 Å². The van der Waals surface area contributed by atoms with Gasteiger partial charge in [-0.25, -0.2) is 0 Å². The van der Waals surface area contributed by atoms with Crippen LogP contribution in [0.3, 0.4) is 0 Å². The molecule has 1 aromatic carbocycles. The van der Waals surface area contributed by atoms with Gasteiger partial charge in [0.15, 0.2) is 5.96 Å². The van der Waals surface area contributed by atoms with Crippen molar-refractivity contribution in [3.05, 3.63) is 29.8 Å². The molecule has 1 unspecified atom stereocenters. The normalized spacial score (nSPS) is 20.7. The van der Waals surface area contributed by atoms with Gasteiger partial charge in [-0.1, -0.05) is 19.1 Å². The van der Waals surface area contributed by atoms with E-state index in [9.17, 15) is 0 Å². The summed E-state index contributed by atoms with van der Waals surface area (Å²) in [6.07, 6.45) is 1.23. The number of nitrogens with zero attached hydrogens (tertiary/aromatic N) is 2. The lowest BCUT2D eigenvalue weighted by atomic mass is 10.1. The van der Waals surface area contributed by atoms with Crippen molar-refractivity contribution in [1.29, 1.82) is 0 Å². The number of nitrogens with two attached hydrogens (primary N) is 1. The molecule has 0 aliphatic carbocycles. The number of rotatable bonds is 4. The summed E-state index contributed by atoms with van der Waals surface area (Å²) in [6, 6.07) is 8.15. The highest BCUT2D eigenvalue weighted by molar-refractivity contribution is 5.92. The minimum atomic E-state index is 0.514. The maximum atomic E-state index is 5.93. The van der Waals surface area contributed by atoms with Crippen LogP contribution in [-0.4, -0.2) is 37.0 Å². The van der Waals surface area contributed by atoms with Crippen molar-refractivity contribution in [2.24, 2.45) is 16.6 Å². The first-order chi connectivity index (χ1) is 9.17. The Morgan fingerprint density at radius 3 is 3.05 bits per heavy atom. The van der Waals surface area contributed by atoms with E-state index in [0.29, 0.717) is 11.9 Å². The lowest BCUT2D eigenvalue weighted by Crippen LogP contribution is -2.25. The Bertz CT molecular complexity index is 442. The molecule has 0 aromatic heterocycles. The summed E-state index contributed by atoms with van der Waals surface area (Å²) in [6.45, 7) is 8.58. The van der Waals surface area contributed by atoms with E-state index in [2.05, 4.69) is 41.2 Å². The molecule has 1 aliphatic rings. The van der Waals surface area contributed by atoms with Gasteiger partial charge < -0.3 is 16.0 Å². The van der Waals surface area contributed by atoms with Crippen LogP contribution in [0.4, 0.5) is 5.69 Å². The molecule has 104 valence electrons. The smallest absolute Gasteiger partial charge is 0.193 e. The molecule has 0 bridgehead atoms. The summed E-state index contributed by atoms with van der Waals surface area (Å²) in [4.78, 5) is 6.92. The molecule has 1 atom stereocenters. The van der Waals surface area contributed by atoms with Crippen LogP contribution in [0.1, 0.15) is 18.9 Å². The van der Waals surface area contributed by atoms with Crippen molar-refractivity contribution in [3.8, 4) is 0 Å². The maximum Gasteiger partial charge on any atom is 0.193 e. The maximum absolute atomic E-state index is 5.93. The Morgan fingerprint density at radius 1 is 1.53 bits per heavy atom. The largest absolute Gasteiger partial charge is 0.370 e. The van der Waals surface area contributed by atoms with E-state index in [1.807, 2.05) is 12.1 Å². The van der Waals surface area contributed by atoms with Gasteiger partial charge >= 0.3 is 0 Å². The zero-order chi connectivity index (χ0) is 13.7. The molecule has 0 spiro atoms. The molecular formula is C15H24N4. The van der Waals surface area contributed by atoms with Crippen LogP contribution in [0, 0.1) is 12.8 Å². The van der Waals surface area contributed by atoms with Gasteiger partial charge in [-0.3, -0.25) is 4.99 Å². The minimum absolute atomic E-state index is 0.514. The second kappa shape index (κ2) is 6.57. The number of aliphatic imine (C=N–C) groups is 1. The first-order valence-corrected chi connectivity index (χ1v) is 7.03. The molecule has 1 heterocycles. The third-order valence-corrected chi connectivity index (χ3v) is 3.63. The number of anilines is 1. The van der Waals surface area contributed by atoms with Crippen molar-refractivity contribution < 1.29 is 0 Å². The van der Waals surface area contributed by atoms with Crippen molar-refractivity contribution in [2.75, 3.05) is 31.5 Å². The summed E-state index contributed by atoms with van der Waals surface area (Å²) < 4.78 is 0. The van der Waals surface area contributed by atoms with Gasteiger partial charge in [-0.05, 0) is 50.0 Å². The Morgan fingerprint density at radius 2 is 2.37 bits per heavy atom. The summed E-state index contributed by atoms with van der Waals surface area (Å²) in [5.41, 5.74) is 8.14. The predicted octanol–water partition coefficient (Wildman–Crippen LogP) is 2.06. The standard InChI is InChI=1S/C15H24N4/c1-3-19-8-7-13(11-19)10-17-15(16)18-14-6-4-5-12(2)9-14/h4-6,9,13H,3,7-8,10-11H2,1-2H3,(H3,16,17,18). The van der Waals surface area contributed by atoms with Gasteiger partial charge in [0.25, 0.3) is 0 Å². The van der Waals surface area contributed by atoms with E-state index >= 15 is 0 Å². The van der Waals surface area contributed by atoms with Gasteiger partial charge in [0, 0.05) is 18.8 Å². The molecule has 3 N–H and O–H groups in total. The second-order valence-electron chi connectivity index (χ2n) is 5.27. The first-order valence-electron chi connectivity index (χ1n) is 7.03. The highest BCUT2D eigenvalue weighted by atomic mass is 15.1. The van der Waals surface area contributed by atoms with Gasteiger partial charge in [0.2, 0.25) is 0 Å². The third-order valence-electron chi connectivity index (χ3n) is 3.63. The lowest BCUT2D eigenvalue weighted by Gasteiger charge is -2.12. The Balaban J connectivity index is 1.83. The molecule has 19 heavy (non-hydrogen) atoms. The number of likely N-dealkylation sites (tertiary alicyclic amines) is 1. The van der Waals surface area contributed by atoms with Crippen LogP contribution in [-0.2, 0) is 0 Å². The fourth-order valence-electron chi connectivity index (χ4n) is 2.49. The number of aryl methyl sites for hydroxylation is 1. The van der Waals surface area contributed by atoms with Crippen molar-refractivity contribution >= 4 is 11.6 Å². The van der Waals surface area contributed by atoms with Gasteiger partial charge in [-0.2, -0.15) is 0 Å². The fourth-order valence-corrected chi connectivity index (χ4v) is 2.49. The molecule has 1 fully saturated rings. The number of hydrogen-bond donors (Lipinski definition) is 2. The Labute approximate surface area is 115 Å². The van der Waals surface area contributed by atoms with Crippen LogP contribution in [0.2, 0.25) is 0 Å². The molecule has 4 nitrogen and oxygen atoms in total.